The first-order valence-corrected chi connectivity index (χ1v) is 7.16. The number of fused-ring (bicyclic) bond motifs is 1. The minimum absolute atomic E-state index is 0.222. The molecule has 0 aliphatic carbocycles. The maximum absolute atomic E-state index is 4.30. The van der Waals surface area contributed by atoms with Crippen LogP contribution in [0.1, 0.15) is 45.7 Å². The molecule has 1 N–H and O–H groups in total. The summed E-state index contributed by atoms with van der Waals surface area (Å²) in [6, 6.07) is 8.97. The van der Waals surface area contributed by atoms with Crippen LogP contribution in [0, 0.1) is 5.41 Å². The van der Waals surface area contributed by atoms with E-state index in [1.54, 1.807) is 0 Å². The van der Waals surface area contributed by atoms with Crippen molar-refractivity contribution in [3.8, 4) is 0 Å². The van der Waals surface area contributed by atoms with Gasteiger partial charge in [0.05, 0.1) is 0 Å². The molecule has 1 atom stereocenters. The van der Waals surface area contributed by atoms with Crippen LogP contribution < -0.4 is 5.32 Å². The third-order valence-corrected chi connectivity index (χ3v) is 4.13. The first-order chi connectivity index (χ1) is 9.10. The van der Waals surface area contributed by atoms with E-state index in [1.165, 1.54) is 16.3 Å². The highest BCUT2D eigenvalue weighted by atomic mass is 14.9. The van der Waals surface area contributed by atoms with Crippen molar-refractivity contribution in [3.05, 3.63) is 42.2 Å². The zero-order valence-corrected chi connectivity index (χ0v) is 12.4. The summed E-state index contributed by atoms with van der Waals surface area (Å²) in [7, 11) is 0. The summed E-state index contributed by atoms with van der Waals surface area (Å²) in [4.78, 5) is 4.30. The van der Waals surface area contributed by atoms with Gasteiger partial charge in [0.2, 0.25) is 0 Å². The predicted molar refractivity (Wildman–Crippen MR) is 82.2 cm³/mol. The van der Waals surface area contributed by atoms with Gasteiger partial charge in [-0.25, -0.2) is 0 Å². The summed E-state index contributed by atoms with van der Waals surface area (Å²) >= 11 is 0. The van der Waals surface area contributed by atoms with E-state index in [0.29, 0.717) is 6.04 Å². The fourth-order valence-electron chi connectivity index (χ4n) is 2.60. The summed E-state index contributed by atoms with van der Waals surface area (Å²) in [6.07, 6.45) is 4.99. The van der Waals surface area contributed by atoms with Crippen molar-refractivity contribution < 1.29 is 0 Å². The molecule has 0 amide bonds. The quantitative estimate of drug-likeness (QED) is 0.861. The van der Waals surface area contributed by atoms with Crippen LogP contribution in [-0.4, -0.2) is 11.5 Å². The molecule has 102 valence electrons. The maximum atomic E-state index is 4.30. The molecule has 0 spiro atoms. The standard InChI is InChI=1S/C17H24N2/c1-5-17(3,4)16(19-6-2)14-9-7-8-13-10-11-18-12-15(13)14/h7-12,16,19H,5-6H2,1-4H3. The Balaban J connectivity index is 2.56. The van der Waals surface area contributed by atoms with Gasteiger partial charge in [-0.3, -0.25) is 4.98 Å². The van der Waals surface area contributed by atoms with Gasteiger partial charge in [0.25, 0.3) is 0 Å². The summed E-state index contributed by atoms with van der Waals surface area (Å²) in [5.41, 5.74) is 1.58. The van der Waals surface area contributed by atoms with E-state index in [2.05, 4.69) is 62.3 Å². The second-order valence-corrected chi connectivity index (χ2v) is 5.78. The molecule has 0 bridgehead atoms. The Labute approximate surface area is 116 Å². The lowest BCUT2D eigenvalue weighted by atomic mass is 9.77. The number of hydrogen-bond donors (Lipinski definition) is 1. The van der Waals surface area contributed by atoms with Crippen LogP contribution in [0.25, 0.3) is 10.8 Å². The van der Waals surface area contributed by atoms with Gasteiger partial charge < -0.3 is 5.32 Å². The predicted octanol–water partition coefficient (Wildman–Crippen LogP) is 4.32. The van der Waals surface area contributed by atoms with Gasteiger partial charge >= 0.3 is 0 Å². The molecule has 0 radical (unpaired) electrons. The Hall–Kier alpha value is -1.41. The minimum atomic E-state index is 0.222. The summed E-state index contributed by atoms with van der Waals surface area (Å²) in [5, 5.41) is 6.18. The molecule has 2 rings (SSSR count). The van der Waals surface area contributed by atoms with Gasteiger partial charge in [0, 0.05) is 23.8 Å². The molecule has 0 saturated heterocycles. The van der Waals surface area contributed by atoms with E-state index in [0.717, 1.165) is 13.0 Å². The van der Waals surface area contributed by atoms with Gasteiger partial charge in [-0.2, -0.15) is 0 Å². The highest BCUT2D eigenvalue weighted by Gasteiger charge is 2.29. The Morgan fingerprint density at radius 3 is 2.68 bits per heavy atom. The molecule has 1 unspecified atom stereocenters. The van der Waals surface area contributed by atoms with Crippen molar-refractivity contribution in [2.75, 3.05) is 6.54 Å². The maximum Gasteiger partial charge on any atom is 0.0378 e. The lowest BCUT2D eigenvalue weighted by Gasteiger charge is -2.35. The third kappa shape index (κ3) is 2.79. The van der Waals surface area contributed by atoms with Crippen molar-refractivity contribution in [2.24, 2.45) is 5.41 Å². The molecule has 0 aliphatic heterocycles. The van der Waals surface area contributed by atoms with Crippen molar-refractivity contribution >= 4 is 10.8 Å². The van der Waals surface area contributed by atoms with Gasteiger partial charge in [-0.05, 0) is 35.4 Å². The van der Waals surface area contributed by atoms with Crippen molar-refractivity contribution in [2.45, 2.75) is 40.2 Å². The van der Waals surface area contributed by atoms with Crippen LogP contribution in [0.5, 0.6) is 0 Å². The zero-order chi connectivity index (χ0) is 13.9. The molecule has 19 heavy (non-hydrogen) atoms. The van der Waals surface area contributed by atoms with Crippen LogP contribution in [0.2, 0.25) is 0 Å². The van der Waals surface area contributed by atoms with E-state index in [9.17, 15) is 0 Å². The molecule has 1 aromatic carbocycles. The average molecular weight is 256 g/mol. The fourth-order valence-corrected chi connectivity index (χ4v) is 2.60. The lowest BCUT2D eigenvalue weighted by molar-refractivity contribution is 0.238. The van der Waals surface area contributed by atoms with E-state index in [1.807, 2.05) is 12.4 Å². The van der Waals surface area contributed by atoms with Crippen LogP contribution in [-0.2, 0) is 0 Å². The molecule has 0 aliphatic rings. The number of aromatic nitrogens is 1. The molecule has 2 nitrogen and oxygen atoms in total. The molecular weight excluding hydrogens is 232 g/mol. The number of nitrogens with zero attached hydrogens (tertiary/aromatic N) is 1. The van der Waals surface area contributed by atoms with Crippen molar-refractivity contribution in [1.29, 1.82) is 0 Å². The highest BCUT2D eigenvalue weighted by molar-refractivity contribution is 5.85. The molecule has 1 heterocycles. The van der Waals surface area contributed by atoms with Gasteiger partial charge in [0.15, 0.2) is 0 Å². The number of hydrogen-bond acceptors (Lipinski definition) is 2. The Kier molecular flexibility index (Phi) is 4.20. The molecular formula is C17H24N2. The topological polar surface area (TPSA) is 24.9 Å². The van der Waals surface area contributed by atoms with Crippen LogP contribution in [0.15, 0.2) is 36.7 Å². The molecule has 0 fully saturated rings. The fraction of sp³-hybridized carbons (Fsp3) is 0.471. The molecule has 0 saturated carbocycles. The second-order valence-electron chi connectivity index (χ2n) is 5.78. The largest absolute Gasteiger partial charge is 0.310 e. The van der Waals surface area contributed by atoms with Crippen LogP contribution >= 0.6 is 0 Å². The summed E-state index contributed by atoms with van der Waals surface area (Å²) < 4.78 is 0. The van der Waals surface area contributed by atoms with Gasteiger partial charge in [-0.15, -0.1) is 0 Å². The zero-order valence-electron chi connectivity index (χ0n) is 12.4. The highest BCUT2D eigenvalue weighted by Crippen LogP contribution is 2.38. The van der Waals surface area contributed by atoms with Gasteiger partial charge in [-0.1, -0.05) is 45.9 Å². The Bertz CT molecular complexity index is 540. The van der Waals surface area contributed by atoms with Crippen LogP contribution in [0.3, 0.4) is 0 Å². The molecule has 2 heteroatoms. The van der Waals surface area contributed by atoms with E-state index in [-0.39, 0.29) is 5.41 Å². The van der Waals surface area contributed by atoms with Crippen molar-refractivity contribution in [3.63, 3.8) is 0 Å². The Morgan fingerprint density at radius 2 is 2.00 bits per heavy atom. The Morgan fingerprint density at radius 1 is 1.21 bits per heavy atom. The SMILES string of the molecule is CCNC(c1cccc2ccncc12)C(C)(C)CC. The minimum Gasteiger partial charge on any atom is -0.310 e. The average Bonchev–Trinajstić information content (AvgIpc) is 2.44. The summed E-state index contributed by atoms with van der Waals surface area (Å²) in [6.45, 7) is 10.1. The van der Waals surface area contributed by atoms with Crippen LogP contribution in [0.4, 0.5) is 0 Å². The first kappa shape index (κ1) is 14.0. The molecule has 1 aromatic heterocycles. The molecule has 2 aromatic rings. The second kappa shape index (κ2) is 5.70. The van der Waals surface area contributed by atoms with Crippen molar-refractivity contribution in [1.82, 2.24) is 10.3 Å². The number of benzene rings is 1. The smallest absolute Gasteiger partial charge is 0.0378 e. The number of nitrogens with one attached hydrogen (secondary N) is 1. The van der Waals surface area contributed by atoms with E-state index >= 15 is 0 Å². The lowest BCUT2D eigenvalue weighted by Crippen LogP contribution is -2.34. The number of rotatable bonds is 5. The van der Waals surface area contributed by atoms with E-state index in [4.69, 9.17) is 0 Å². The first-order valence-electron chi connectivity index (χ1n) is 7.16. The monoisotopic (exact) mass is 256 g/mol. The van der Waals surface area contributed by atoms with Gasteiger partial charge in [0.1, 0.15) is 0 Å². The van der Waals surface area contributed by atoms with E-state index < -0.39 is 0 Å². The number of pyridine rings is 1. The normalized spacial score (nSPS) is 13.7. The third-order valence-electron chi connectivity index (χ3n) is 4.13. The summed E-state index contributed by atoms with van der Waals surface area (Å²) in [5.74, 6) is 0.